The van der Waals surface area contributed by atoms with Crippen molar-refractivity contribution in [3.8, 4) is 6.07 Å². The fourth-order valence-electron chi connectivity index (χ4n) is 3.42. The third kappa shape index (κ3) is 4.03. The predicted octanol–water partition coefficient (Wildman–Crippen LogP) is 1.79. The van der Waals surface area contributed by atoms with Crippen molar-refractivity contribution in [2.24, 2.45) is 5.92 Å². The standard InChI is InChI=1S/C17H21N5O4/c18-7-11-3-12(6-15(19)17(11)22(25)26)20-13-4-14(5-13)21(9-16(23)24)8-10-1-2-10/h3,6,10,13-14,20H,1-2,4-5,8-9,19H2,(H,23,24). The van der Waals surface area contributed by atoms with Gasteiger partial charge in [0.25, 0.3) is 0 Å². The van der Waals surface area contributed by atoms with Gasteiger partial charge in [-0.2, -0.15) is 5.26 Å². The van der Waals surface area contributed by atoms with E-state index in [2.05, 4.69) is 5.32 Å². The summed E-state index contributed by atoms with van der Waals surface area (Å²) in [5, 5.41) is 32.4. The van der Waals surface area contributed by atoms with Crippen LogP contribution >= 0.6 is 0 Å². The first-order valence-corrected chi connectivity index (χ1v) is 8.57. The number of hydrogen-bond donors (Lipinski definition) is 3. The maximum absolute atomic E-state index is 11.1. The summed E-state index contributed by atoms with van der Waals surface area (Å²) in [6.45, 7) is 0.879. The summed E-state index contributed by atoms with van der Waals surface area (Å²) in [5.41, 5.74) is 5.79. The highest BCUT2D eigenvalue weighted by Crippen LogP contribution is 2.36. The molecule has 0 spiro atoms. The van der Waals surface area contributed by atoms with E-state index in [1.54, 1.807) is 0 Å². The van der Waals surface area contributed by atoms with Crippen LogP contribution in [0, 0.1) is 27.4 Å². The molecule has 2 aliphatic rings. The van der Waals surface area contributed by atoms with Crippen LogP contribution in [0.25, 0.3) is 0 Å². The molecule has 0 atom stereocenters. The number of nitrogens with one attached hydrogen (secondary N) is 1. The quantitative estimate of drug-likeness (QED) is 0.362. The zero-order valence-corrected chi connectivity index (χ0v) is 14.2. The van der Waals surface area contributed by atoms with Gasteiger partial charge in [-0.1, -0.05) is 0 Å². The van der Waals surface area contributed by atoms with Crippen molar-refractivity contribution in [3.63, 3.8) is 0 Å². The summed E-state index contributed by atoms with van der Waals surface area (Å²) in [6.07, 6.45) is 3.92. The zero-order chi connectivity index (χ0) is 18.8. The molecule has 0 aliphatic heterocycles. The molecule has 0 bridgehead atoms. The molecule has 0 aromatic heterocycles. The number of nitrogen functional groups attached to an aromatic ring is 1. The molecule has 0 saturated heterocycles. The van der Waals surface area contributed by atoms with Gasteiger partial charge in [-0.15, -0.1) is 0 Å². The molecule has 9 nitrogen and oxygen atoms in total. The molecule has 9 heteroatoms. The third-order valence-electron chi connectivity index (χ3n) is 4.97. The molecular formula is C17H21N5O4. The van der Waals surface area contributed by atoms with Crippen LogP contribution in [0.2, 0.25) is 0 Å². The summed E-state index contributed by atoms with van der Waals surface area (Å²) >= 11 is 0. The SMILES string of the molecule is N#Cc1cc(NC2CC(N(CC(=O)O)CC3CC3)C2)cc(N)c1[N+](=O)[O-]. The molecule has 0 amide bonds. The maximum atomic E-state index is 11.1. The first kappa shape index (κ1) is 17.9. The van der Waals surface area contributed by atoms with Crippen LogP contribution in [-0.4, -0.2) is 46.1 Å². The molecule has 138 valence electrons. The number of carbonyl (C=O) groups is 1. The molecule has 2 aliphatic carbocycles. The number of carboxylic acids is 1. The second-order valence-corrected chi connectivity index (χ2v) is 7.06. The smallest absolute Gasteiger partial charge is 0.317 e. The summed E-state index contributed by atoms with van der Waals surface area (Å²) in [6, 6.07) is 5.05. The fraction of sp³-hybridized carbons (Fsp3) is 0.529. The van der Waals surface area contributed by atoms with Crippen LogP contribution in [0.4, 0.5) is 17.1 Å². The highest BCUT2D eigenvalue weighted by Gasteiger charge is 2.37. The lowest BCUT2D eigenvalue weighted by Gasteiger charge is -2.43. The predicted molar refractivity (Wildman–Crippen MR) is 94.6 cm³/mol. The number of aliphatic carboxylic acids is 1. The first-order valence-electron chi connectivity index (χ1n) is 8.57. The van der Waals surface area contributed by atoms with Crippen LogP contribution in [0.1, 0.15) is 31.2 Å². The first-order chi connectivity index (χ1) is 12.4. The highest BCUT2D eigenvalue weighted by atomic mass is 16.6. The summed E-state index contributed by atoms with van der Waals surface area (Å²) in [7, 11) is 0. The van der Waals surface area contributed by atoms with Crippen LogP contribution < -0.4 is 11.1 Å². The zero-order valence-electron chi connectivity index (χ0n) is 14.2. The average Bonchev–Trinajstić information content (AvgIpc) is 3.32. The molecule has 0 radical (unpaired) electrons. The Morgan fingerprint density at radius 2 is 2.15 bits per heavy atom. The lowest BCUT2D eigenvalue weighted by molar-refractivity contribution is -0.384. The van der Waals surface area contributed by atoms with E-state index in [0.717, 1.165) is 19.4 Å². The molecule has 2 fully saturated rings. The highest BCUT2D eigenvalue weighted by molar-refractivity contribution is 5.73. The monoisotopic (exact) mass is 359 g/mol. The van der Waals surface area contributed by atoms with E-state index in [1.165, 1.54) is 25.0 Å². The van der Waals surface area contributed by atoms with Crippen molar-refractivity contribution in [1.82, 2.24) is 4.90 Å². The van der Waals surface area contributed by atoms with E-state index >= 15 is 0 Å². The van der Waals surface area contributed by atoms with E-state index in [0.29, 0.717) is 11.6 Å². The van der Waals surface area contributed by atoms with Crippen molar-refractivity contribution in [1.29, 1.82) is 5.26 Å². The van der Waals surface area contributed by atoms with E-state index in [-0.39, 0.29) is 35.6 Å². The van der Waals surface area contributed by atoms with Gasteiger partial charge in [-0.3, -0.25) is 19.8 Å². The molecule has 4 N–H and O–H groups in total. The van der Waals surface area contributed by atoms with Gasteiger partial charge in [-0.05, 0) is 43.7 Å². The van der Waals surface area contributed by atoms with Crippen molar-refractivity contribution >= 4 is 23.0 Å². The number of nitro benzene ring substituents is 1. The molecular weight excluding hydrogens is 338 g/mol. The minimum Gasteiger partial charge on any atom is -0.480 e. The van der Waals surface area contributed by atoms with Gasteiger partial charge < -0.3 is 16.2 Å². The number of hydrogen-bond acceptors (Lipinski definition) is 7. The van der Waals surface area contributed by atoms with Crippen LogP contribution in [0.3, 0.4) is 0 Å². The Morgan fingerprint density at radius 3 is 2.69 bits per heavy atom. The fourth-order valence-corrected chi connectivity index (χ4v) is 3.42. The summed E-state index contributed by atoms with van der Waals surface area (Å²) in [5.74, 6) is -0.196. The van der Waals surface area contributed by atoms with Gasteiger partial charge in [0.2, 0.25) is 0 Å². The number of anilines is 2. The van der Waals surface area contributed by atoms with E-state index in [1.807, 2.05) is 11.0 Å². The second-order valence-electron chi connectivity index (χ2n) is 7.06. The molecule has 2 saturated carbocycles. The molecule has 3 rings (SSSR count). The van der Waals surface area contributed by atoms with Crippen molar-refractivity contribution < 1.29 is 14.8 Å². The molecule has 26 heavy (non-hydrogen) atoms. The Kier molecular flexibility index (Phi) is 4.95. The molecule has 0 heterocycles. The van der Waals surface area contributed by atoms with Crippen LogP contribution in [0.15, 0.2) is 12.1 Å². The Morgan fingerprint density at radius 1 is 1.46 bits per heavy atom. The number of nitro groups is 1. The molecule has 1 aromatic rings. The van der Waals surface area contributed by atoms with Gasteiger partial charge in [0, 0.05) is 24.3 Å². The van der Waals surface area contributed by atoms with Crippen LogP contribution in [-0.2, 0) is 4.79 Å². The Labute approximate surface area is 150 Å². The largest absolute Gasteiger partial charge is 0.480 e. The second kappa shape index (κ2) is 7.17. The van der Waals surface area contributed by atoms with E-state index < -0.39 is 10.9 Å². The molecule has 0 unspecified atom stereocenters. The van der Waals surface area contributed by atoms with Gasteiger partial charge in [0.1, 0.15) is 17.3 Å². The van der Waals surface area contributed by atoms with Gasteiger partial charge in [0.15, 0.2) is 0 Å². The van der Waals surface area contributed by atoms with Crippen molar-refractivity contribution in [2.75, 3.05) is 24.1 Å². The maximum Gasteiger partial charge on any atom is 0.317 e. The topological polar surface area (TPSA) is 146 Å². The Bertz CT molecular complexity index is 765. The minimum absolute atomic E-state index is 0.0475. The number of nitrogens with zero attached hydrogens (tertiary/aromatic N) is 3. The normalized spacial score (nSPS) is 21.7. The van der Waals surface area contributed by atoms with Gasteiger partial charge >= 0.3 is 11.7 Å². The Hall–Kier alpha value is -2.86. The number of nitriles is 1. The number of nitrogens with two attached hydrogens (primary N) is 1. The summed E-state index contributed by atoms with van der Waals surface area (Å²) in [4.78, 5) is 23.4. The van der Waals surface area contributed by atoms with Crippen LogP contribution in [0.5, 0.6) is 0 Å². The molecule has 1 aromatic carbocycles. The van der Waals surface area contributed by atoms with E-state index in [4.69, 9.17) is 16.1 Å². The average molecular weight is 359 g/mol. The lowest BCUT2D eigenvalue weighted by Crippen LogP contribution is -2.52. The number of rotatable bonds is 8. The summed E-state index contributed by atoms with van der Waals surface area (Å²) < 4.78 is 0. The number of benzene rings is 1. The van der Waals surface area contributed by atoms with Crippen molar-refractivity contribution in [2.45, 2.75) is 37.8 Å². The third-order valence-corrected chi connectivity index (χ3v) is 4.97. The number of carboxylic acid groups (broad SMARTS) is 1. The van der Waals surface area contributed by atoms with Gasteiger partial charge in [-0.25, -0.2) is 0 Å². The van der Waals surface area contributed by atoms with Gasteiger partial charge in [0.05, 0.1) is 11.5 Å². The Balaban J connectivity index is 1.61. The van der Waals surface area contributed by atoms with Crippen molar-refractivity contribution in [3.05, 3.63) is 27.8 Å². The lowest BCUT2D eigenvalue weighted by atomic mass is 9.85. The minimum atomic E-state index is -0.816. The van der Waals surface area contributed by atoms with E-state index in [9.17, 15) is 14.9 Å².